The Morgan fingerprint density at radius 1 is 1.16 bits per heavy atom. The van der Waals surface area contributed by atoms with Gasteiger partial charge in [0.25, 0.3) is 0 Å². The monoisotopic (exact) mass is 269 g/mol. The molecule has 4 heteroatoms. The Morgan fingerprint density at radius 3 is 2.32 bits per heavy atom. The smallest absolute Gasteiger partial charge is 0.228 e. The Bertz CT molecular complexity index is 317. The van der Waals surface area contributed by atoms with Crippen LogP contribution >= 0.6 is 0 Å². The number of hydrogen-bond donors (Lipinski definition) is 1. The van der Waals surface area contributed by atoms with Crippen LogP contribution in [0.15, 0.2) is 0 Å². The minimum absolute atomic E-state index is 0.201. The SMILES string of the molecule is CN(CC1(O)CCOCC1)C(=O)C1(C)CCCCC1. The van der Waals surface area contributed by atoms with Crippen molar-refractivity contribution < 1.29 is 14.6 Å². The van der Waals surface area contributed by atoms with E-state index in [2.05, 4.69) is 6.92 Å². The molecule has 4 nitrogen and oxygen atoms in total. The van der Waals surface area contributed by atoms with Crippen LogP contribution in [-0.4, -0.2) is 48.3 Å². The minimum atomic E-state index is -0.756. The number of likely N-dealkylation sites (N-methyl/N-ethyl adjacent to an activating group) is 1. The summed E-state index contributed by atoms with van der Waals surface area (Å²) in [5, 5.41) is 10.5. The van der Waals surface area contributed by atoms with Gasteiger partial charge in [0.05, 0.1) is 5.60 Å². The number of aliphatic hydroxyl groups is 1. The molecule has 0 bridgehead atoms. The van der Waals surface area contributed by atoms with E-state index >= 15 is 0 Å². The Hall–Kier alpha value is -0.610. The van der Waals surface area contributed by atoms with Crippen LogP contribution in [0.3, 0.4) is 0 Å². The number of rotatable bonds is 3. The fourth-order valence-electron chi connectivity index (χ4n) is 3.43. The molecular weight excluding hydrogens is 242 g/mol. The average molecular weight is 269 g/mol. The predicted molar refractivity (Wildman–Crippen MR) is 73.8 cm³/mol. The molecule has 1 N–H and O–H groups in total. The summed E-state index contributed by atoms with van der Waals surface area (Å²) in [6.07, 6.45) is 6.76. The number of hydrogen-bond acceptors (Lipinski definition) is 3. The molecule has 1 heterocycles. The largest absolute Gasteiger partial charge is 0.388 e. The highest BCUT2D eigenvalue weighted by molar-refractivity contribution is 5.82. The number of carbonyl (C=O) groups is 1. The Balaban J connectivity index is 1.94. The average Bonchev–Trinajstić information content (AvgIpc) is 2.39. The molecule has 1 aliphatic carbocycles. The van der Waals surface area contributed by atoms with Crippen LogP contribution in [0.2, 0.25) is 0 Å². The van der Waals surface area contributed by atoms with Gasteiger partial charge in [-0.1, -0.05) is 26.2 Å². The molecule has 2 rings (SSSR count). The van der Waals surface area contributed by atoms with Gasteiger partial charge in [0, 0.05) is 45.1 Å². The lowest BCUT2D eigenvalue weighted by Crippen LogP contribution is -2.50. The molecule has 2 fully saturated rings. The molecule has 19 heavy (non-hydrogen) atoms. The van der Waals surface area contributed by atoms with E-state index in [4.69, 9.17) is 4.74 Å². The number of nitrogens with zero attached hydrogens (tertiary/aromatic N) is 1. The second-order valence-electron chi connectivity index (χ2n) is 6.62. The van der Waals surface area contributed by atoms with Gasteiger partial charge in [0.2, 0.25) is 5.91 Å². The first-order valence-electron chi connectivity index (χ1n) is 7.51. The van der Waals surface area contributed by atoms with Crippen molar-refractivity contribution in [3.8, 4) is 0 Å². The third-order valence-corrected chi connectivity index (χ3v) is 4.78. The third kappa shape index (κ3) is 3.48. The number of amides is 1. The van der Waals surface area contributed by atoms with Crippen molar-refractivity contribution in [3.63, 3.8) is 0 Å². The normalized spacial score (nSPS) is 25.8. The molecule has 110 valence electrons. The maximum Gasteiger partial charge on any atom is 0.228 e. The van der Waals surface area contributed by atoms with Crippen LogP contribution in [0.25, 0.3) is 0 Å². The summed E-state index contributed by atoms with van der Waals surface area (Å²) in [5.41, 5.74) is -0.970. The van der Waals surface area contributed by atoms with Gasteiger partial charge in [0.1, 0.15) is 0 Å². The van der Waals surface area contributed by atoms with E-state index in [1.54, 1.807) is 4.90 Å². The molecule has 0 radical (unpaired) electrons. The van der Waals surface area contributed by atoms with Crippen molar-refractivity contribution in [1.82, 2.24) is 4.90 Å². The highest BCUT2D eigenvalue weighted by atomic mass is 16.5. The molecule has 1 saturated carbocycles. The first kappa shape index (κ1) is 14.8. The number of ether oxygens (including phenoxy) is 1. The summed E-state index contributed by atoms with van der Waals surface area (Å²) in [5.74, 6) is 0.201. The maximum absolute atomic E-state index is 12.6. The van der Waals surface area contributed by atoms with Crippen molar-refractivity contribution in [1.29, 1.82) is 0 Å². The lowest BCUT2D eigenvalue weighted by atomic mass is 9.74. The predicted octanol–water partition coefficient (Wildman–Crippen LogP) is 1.96. The quantitative estimate of drug-likeness (QED) is 0.852. The zero-order chi connectivity index (χ0) is 13.9. The van der Waals surface area contributed by atoms with Gasteiger partial charge in [-0.05, 0) is 12.8 Å². The van der Waals surface area contributed by atoms with E-state index in [9.17, 15) is 9.90 Å². The van der Waals surface area contributed by atoms with Crippen LogP contribution in [-0.2, 0) is 9.53 Å². The molecule has 2 aliphatic rings. The minimum Gasteiger partial charge on any atom is -0.388 e. The van der Waals surface area contributed by atoms with Gasteiger partial charge in [-0.2, -0.15) is 0 Å². The van der Waals surface area contributed by atoms with E-state index in [0.717, 1.165) is 25.7 Å². The van der Waals surface area contributed by atoms with E-state index < -0.39 is 5.60 Å². The molecule has 0 aromatic rings. The molecule has 0 unspecified atom stereocenters. The van der Waals surface area contributed by atoms with Crippen LogP contribution in [0.5, 0.6) is 0 Å². The first-order valence-corrected chi connectivity index (χ1v) is 7.51. The van der Waals surface area contributed by atoms with Gasteiger partial charge < -0.3 is 14.7 Å². The van der Waals surface area contributed by atoms with Gasteiger partial charge in [-0.15, -0.1) is 0 Å². The highest BCUT2D eigenvalue weighted by Crippen LogP contribution is 2.37. The van der Waals surface area contributed by atoms with E-state index in [1.807, 2.05) is 7.05 Å². The summed E-state index contributed by atoms with van der Waals surface area (Å²) >= 11 is 0. The summed E-state index contributed by atoms with van der Waals surface area (Å²) in [6.45, 7) is 3.70. The van der Waals surface area contributed by atoms with Gasteiger partial charge in [-0.25, -0.2) is 0 Å². The second-order valence-corrected chi connectivity index (χ2v) is 6.62. The van der Waals surface area contributed by atoms with Gasteiger partial charge in [-0.3, -0.25) is 4.79 Å². The van der Waals surface area contributed by atoms with Crippen LogP contribution in [0, 0.1) is 5.41 Å². The van der Waals surface area contributed by atoms with Crippen LogP contribution in [0.4, 0.5) is 0 Å². The van der Waals surface area contributed by atoms with Gasteiger partial charge >= 0.3 is 0 Å². The van der Waals surface area contributed by atoms with Crippen molar-refractivity contribution in [2.75, 3.05) is 26.8 Å². The summed E-state index contributed by atoms with van der Waals surface area (Å²) < 4.78 is 5.28. The molecule has 1 amide bonds. The van der Waals surface area contributed by atoms with E-state index in [1.165, 1.54) is 6.42 Å². The Kier molecular flexibility index (Phi) is 4.51. The topological polar surface area (TPSA) is 49.8 Å². The molecule has 1 aliphatic heterocycles. The molecular formula is C15H27NO3. The highest BCUT2D eigenvalue weighted by Gasteiger charge is 2.39. The first-order chi connectivity index (χ1) is 8.95. The van der Waals surface area contributed by atoms with E-state index in [0.29, 0.717) is 32.6 Å². The lowest BCUT2D eigenvalue weighted by molar-refractivity contribution is -0.148. The molecule has 0 aromatic heterocycles. The third-order valence-electron chi connectivity index (χ3n) is 4.78. The Labute approximate surface area is 116 Å². The fraction of sp³-hybridized carbons (Fsp3) is 0.933. The molecule has 1 saturated heterocycles. The second kappa shape index (κ2) is 5.80. The molecule has 0 spiro atoms. The van der Waals surface area contributed by atoms with Crippen LogP contribution in [0.1, 0.15) is 51.9 Å². The summed E-state index contributed by atoms with van der Waals surface area (Å²) in [6, 6.07) is 0. The van der Waals surface area contributed by atoms with Crippen molar-refractivity contribution >= 4 is 5.91 Å². The Morgan fingerprint density at radius 2 is 1.74 bits per heavy atom. The zero-order valence-corrected chi connectivity index (χ0v) is 12.3. The number of carbonyl (C=O) groups excluding carboxylic acids is 1. The van der Waals surface area contributed by atoms with Crippen molar-refractivity contribution in [3.05, 3.63) is 0 Å². The maximum atomic E-state index is 12.6. The van der Waals surface area contributed by atoms with Crippen LogP contribution < -0.4 is 0 Å². The fourth-order valence-corrected chi connectivity index (χ4v) is 3.43. The van der Waals surface area contributed by atoms with Gasteiger partial charge in [0.15, 0.2) is 0 Å². The van der Waals surface area contributed by atoms with E-state index in [-0.39, 0.29) is 11.3 Å². The van der Waals surface area contributed by atoms with Crippen molar-refractivity contribution in [2.24, 2.45) is 5.41 Å². The zero-order valence-electron chi connectivity index (χ0n) is 12.3. The lowest BCUT2D eigenvalue weighted by Gasteiger charge is -2.40. The molecule has 0 aromatic carbocycles. The standard InChI is InChI=1S/C15H27NO3/c1-14(6-4-3-5-7-14)13(17)16(2)12-15(18)8-10-19-11-9-15/h18H,3-12H2,1-2H3. The van der Waals surface area contributed by atoms with Crippen molar-refractivity contribution in [2.45, 2.75) is 57.5 Å². The molecule has 0 atom stereocenters. The summed E-state index contributed by atoms with van der Waals surface area (Å²) in [4.78, 5) is 14.4. The summed E-state index contributed by atoms with van der Waals surface area (Å²) in [7, 11) is 1.83.